The van der Waals surface area contributed by atoms with Gasteiger partial charge in [0.1, 0.15) is 0 Å². The lowest BCUT2D eigenvalue weighted by atomic mass is 9.92. The summed E-state index contributed by atoms with van der Waals surface area (Å²) in [6.07, 6.45) is 1.11. The molecular weight excluding hydrogens is 196 g/mol. The zero-order chi connectivity index (χ0) is 10.6. The van der Waals surface area contributed by atoms with Crippen molar-refractivity contribution in [1.82, 2.24) is 4.90 Å². The highest BCUT2D eigenvalue weighted by Gasteiger charge is 2.30. The van der Waals surface area contributed by atoms with E-state index in [9.17, 15) is 4.79 Å². The van der Waals surface area contributed by atoms with Crippen molar-refractivity contribution in [3.05, 3.63) is 0 Å². The number of rotatable bonds is 2. The second-order valence-electron chi connectivity index (χ2n) is 4.35. The van der Waals surface area contributed by atoms with Gasteiger partial charge in [-0.05, 0) is 26.0 Å². The van der Waals surface area contributed by atoms with Gasteiger partial charge in [0.05, 0.1) is 5.41 Å². The first-order valence-electron chi connectivity index (χ1n) is 5.15. The fourth-order valence-electron chi connectivity index (χ4n) is 1.46. The van der Waals surface area contributed by atoms with Crippen molar-refractivity contribution in [3.63, 3.8) is 0 Å². The molecule has 0 saturated carbocycles. The van der Waals surface area contributed by atoms with Crippen LogP contribution in [-0.4, -0.2) is 41.9 Å². The van der Waals surface area contributed by atoms with Crippen LogP contribution in [0.15, 0.2) is 0 Å². The molecule has 0 spiro atoms. The predicted octanol–water partition coefficient (Wildman–Crippen LogP) is 0.937. The summed E-state index contributed by atoms with van der Waals surface area (Å²) in [6, 6.07) is 0. The molecule has 3 nitrogen and oxygen atoms in total. The van der Waals surface area contributed by atoms with Gasteiger partial charge >= 0.3 is 0 Å². The van der Waals surface area contributed by atoms with Crippen LogP contribution in [0.5, 0.6) is 0 Å². The van der Waals surface area contributed by atoms with Gasteiger partial charge in [-0.3, -0.25) is 4.79 Å². The molecule has 1 amide bonds. The van der Waals surface area contributed by atoms with Gasteiger partial charge in [-0.15, -0.1) is 0 Å². The van der Waals surface area contributed by atoms with Crippen LogP contribution in [0.25, 0.3) is 0 Å². The van der Waals surface area contributed by atoms with Crippen molar-refractivity contribution in [3.8, 4) is 0 Å². The summed E-state index contributed by atoms with van der Waals surface area (Å²) in [5.74, 6) is 2.45. The molecule has 14 heavy (non-hydrogen) atoms. The fraction of sp³-hybridized carbons (Fsp3) is 0.900. The molecule has 0 bridgehead atoms. The van der Waals surface area contributed by atoms with E-state index in [-0.39, 0.29) is 5.91 Å². The largest absolute Gasteiger partial charge is 0.341 e. The normalized spacial score (nSPS) is 19.2. The minimum Gasteiger partial charge on any atom is -0.341 e. The monoisotopic (exact) mass is 216 g/mol. The molecular formula is C10H20N2OS. The second-order valence-corrected chi connectivity index (χ2v) is 5.57. The fourth-order valence-corrected chi connectivity index (χ4v) is 2.35. The summed E-state index contributed by atoms with van der Waals surface area (Å²) in [5, 5.41) is 0. The van der Waals surface area contributed by atoms with Crippen LogP contribution in [0.4, 0.5) is 0 Å². The average molecular weight is 216 g/mol. The van der Waals surface area contributed by atoms with E-state index in [0.717, 1.165) is 25.3 Å². The number of thioether (sulfide) groups is 1. The van der Waals surface area contributed by atoms with E-state index in [1.807, 2.05) is 30.5 Å². The molecule has 1 aliphatic heterocycles. The lowest BCUT2D eigenvalue weighted by Gasteiger charge is -2.29. The molecule has 82 valence electrons. The molecule has 0 aromatic rings. The molecule has 1 heterocycles. The van der Waals surface area contributed by atoms with E-state index in [0.29, 0.717) is 6.54 Å². The Morgan fingerprint density at radius 2 is 2.14 bits per heavy atom. The van der Waals surface area contributed by atoms with Gasteiger partial charge in [-0.2, -0.15) is 11.8 Å². The Morgan fingerprint density at radius 1 is 1.43 bits per heavy atom. The van der Waals surface area contributed by atoms with Crippen molar-refractivity contribution in [2.24, 2.45) is 11.1 Å². The molecule has 4 heteroatoms. The highest BCUT2D eigenvalue weighted by Crippen LogP contribution is 2.19. The number of nitrogens with zero attached hydrogens (tertiary/aromatic N) is 1. The minimum atomic E-state index is -0.394. The molecule has 0 aliphatic carbocycles. The third-order valence-corrected chi connectivity index (χ3v) is 3.65. The van der Waals surface area contributed by atoms with E-state index < -0.39 is 5.41 Å². The van der Waals surface area contributed by atoms with Crippen LogP contribution in [0.2, 0.25) is 0 Å². The first kappa shape index (κ1) is 11.9. The maximum absolute atomic E-state index is 12.0. The highest BCUT2D eigenvalue weighted by atomic mass is 32.2. The summed E-state index contributed by atoms with van der Waals surface area (Å²) in [7, 11) is 0. The molecule has 0 unspecified atom stereocenters. The number of hydrogen-bond acceptors (Lipinski definition) is 3. The molecule has 0 aromatic heterocycles. The summed E-state index contributed by atoms with van der Waals surface area (Å²) in [4.78, 5) is 14.0. The summed E-state index contributed by atoms with van der Waals surface area (Å²) >= 11 is 1.93. The number of carbonyl (C=O) groups is 1. The molecule has 2 N–H and O–H groups in total. The molecule has 0 aromatic carbocycles. The Labute approximate surface area is 90.4 Å². The van der Waals surface area contributed by atoms with Crippen LogP contribution in [-0.2, 0) is 4.79 Å². The summed E-state index contributed by atoms with van der Waals surface area (Å²) < 4.78 is 0. The Hall–Kier alpha value is -0.220. The SMILES string of the molecule is CC(C)(CN)C(=O)N1CCCSCC1. The van der Waals surface area contributed by atoms with Crippen LogP contribution in [0, 0.1) is 5.41 Å². The molecule has 0 atom stereocenters. The van der Waals surface area contributed by atoms with Crippen molar-refractivity contribution in [2.45, 2.75) is 20.3 Å². The van der Waals surface area contributed by atoms with Crippen molar-refractivity contribution in [2.75, 3.05) is 31.1 Å². The maximum atomic E-state index is 12.0. The van der Waals surface area contributed by atoms with Gasteiger partial charge in [0.25, 0.3) is 0 Å². The second kappa shape index (κ2) is 5.03. The van der Waals surface area contributed by atoms with Crippen LogP contribution < -0.4 is 5.73 Å². The standard InChI is InChI=1S/C10H20N2OS/c1-10(2,8-11)9(13)12-4-3-6-14-7-5-12/h3-8,11H2,1-2H3. The highest BCUT2D eigenvalue weighted by molar-refractivity contribution is 7.99. The first-order valence-corrected chi connectivity index (χ1v) is 6.30. The number of nitrogens with two attached hydrogens (primary N) is 1. The molecule has 1 fully saturated rings. The van der Waals surface area contributed by atoms with Gasteiger partial charge < -0.3 is 10.6 Å². The molecule has 1 aliphatic rings. The van der Waals surface area contributed by atoms with E-state index in [1.54, 1.807) is 0 Å². The zero-order valence-electron chi connectivity index (χ0n) is 9.08. The van der Waals surface area contributed by atoms with E-state index in [1.165, 1.54) is 5.75 Å². The summed E-state index contributed by atoms with van der Waals surface area (Å²) in [6.45, 7) is 6.05. The van der Waals surface area contributed by atoms with Gasteiger partial charge in [-0.25, -0.2) is 0 Å². The van der Waals surface area contributed by atoms with Crippen molar-refractivity contribution < 1.29 is 4.79 Å². The third kappa shape index (κ3) is 2.89. The Bertz CT molecular complexity index is 198. The lowest BCUT2D eigenvalue weighted by Crippen LogP contribution is -2.45. The number of hydrogen-bond donors (Lipinski definition) is 1. The van der Waals surface area contributed by atoms with Gasteiger partial charge in [0.15, 0.2) is 0 Å². The maximum Gasteiger partial charge on any atom is 0.229 e. The summed E-state index contributed by atoms with van der Waals surface area (Å²) in [5.41, 5.74) is 5.21. The number of amides is 1. The number of carbonyl (C=O) groups excluding carboxylic acids is 1. The molecule has 0 radical (unpaired) electrons. The third-order valence-electron chi connectivity index (χ3n) is 2.60. The van der Waals surface area contributed by atoms with Crippen molar-refractivity contribution >= 4 is 17.7 Å². The van der Waals surface area contributed by atoms with Crippen LogP contribution in [0.3, 0.4) is 0 Å². The van der Waals surface area contributed by atoms with E-state index in [4.69, 9.17) is 5.73 Å². The Kier molecular flexibility index (Phi) is 4.26. The Morgan fingerprint density at radius 3 is 2.79 bits per heavy atom. The van der Waals surface area contributed by atoms with Crippen molar-refractivity contribution in [1.29, 1.82) is 0 Å². The smallest absolute Gasteiger partial charge is 0.229 e. The quantitative estimate of drug-likeness (QED) is 0.747. The predicted molar refractivity (Wildman–Crippen MR) is 61.4 cm³/mol. The van der Waals surface area contributed by atoms with Gasteiger partial charge in [-0.1, -0.05) is 0 Å². The van der Waals surface area contributed by atoms with E-state index >= 15 is 0 Å². The molecule has 1 saturated heterocycles. The average Bonchev–Trinajstić information content (AvgIpc) is 2.44. The van der Waals surface area contributed by atoms with Crippen LogP contribution in [0.1, 0.15) is 20.3 Å². The zero-order valence-corrected chi connectivity index (χ0v) is 9.90. The van der Waals surface area contributed by atoms with Gasteiger partial charge in [0, 0.05) is 25.4 Å². The Balaban J connectivity index is 2.58. The van der Waals surface area contributed by atoms with Gasteiger partial charge in [0.2, 0.25) is 5.91 Å². The lowest BCUT2D eigenvalue weighted by molar-refractivity contribution is -0.139. The van der Waals surface area contributed by atoms with Crippen LogP contribution >= 0.6 is 11.8 Å². The topological polar surface area (TPSA) is 46.3 Å². The molecule has 1 rings (SSSR count). The first-order chi connectivity index (χ1) is 6.58. The minimum absolute atomic E-state index is 0.211. The van der Waals surface area contributed by atoms with E-state index in [2.05, 4.69) is 0 Å².